The molecular weight excluding hydrogens is 148 g/mol. The first kappa shape index (κ1) is 7.62. The summed E-state index contributed by atoms with van der Waals surface area (Å²) in [6.45, 7) is -0.181. The minimum atomic E-state index is -1.17. The first-order valence-corrected chi connectivity index (χ1v) is 2.89. The number of hydrogen-bond acceptors (Lipinski definition) is 4. The number of aromatic nitrogens is 2. The van der Waals surface area contributed by atoms with Crippen molar-refractivity contribution in [1.82, 2.24) is 9.97 Å². The minimum absolute atomic E-state index is 0.181. The van der Waals surface area contributed by atoms with E-state index in [0.29, 0.717) is 5.56 Å². The van der Waals surface area contributed by atoms with Crippen molar-refractivity contribution in [2.24, 2.45) is 0 Å². The third kappa shape index (κ3) is 1.71. The summed E-state index contributed by atoms with van der Waals surface area (Å²) in [6.07, 6.45) is 2.55. The number of carboxylic acid groups (broad SMARTS) is 1. The van der Waals surface area contributed by atoms with Crippen molar-refractivity contribution in [1.29, 1.82) is 0 Å². The molecule has 0 aliphatic heterocycles. The summed E-state index contributed by atoms with van der Waals surface area (Å²) in [6, 6.07) is 0. The van der Waals surface area contributed by atoms with Crippen LogP contribution in [0.25, 0.3) is 0 Å². The van der Waals surface area contributed by atoms with E-state index in [2.05, 4.69) is 9.97 Å². The maximum atomic E-state index is 10.2. The van der Waals surface area contributed by atoms with Gasteiger partial charge in [0.25, 0.3) is 0 Å². The number of rotatable bonds is 2. The van der Waals surface area contributed by atoms with Gasteiger partial charge in [-0.3, -0.25) is 0 Å². The van der Waals surface area contributed by atoms with Crippen LogP contribution in [0.15, 0.2) is 12.4 Å². The second-order valence-corrected chi connectivity index (χ2v) is 1.88. The van der Waals surface area contributed by atoms with Gasteiger partial charge in [0.1, 0.15) is 0 Å². The molecular formula is C6H6N2O3. The van der Waals surface area contributed by atoms with Gasteiger partial charge in [-0.1, -0.05) is 0 Å². The zero-order valence-electron chi connectivity index (χ0n) is 5.56. The Labute approximate surface area is 62.4 Å². The molecule has 0 saturated carbocycles. The Kier molecular flexibility index (Phi) is 2.12. The van der Waals surface area contributed by atoms with E-state index in [-0.39, 0.29) is 12.4 Å². The van der Waals surface area contributed by atoms with Crippen LogP contribution in [0.3, 0.4) is 0 Å². The first-order valence-electron chi connectivity index (χ1n) is 2.89. The van der Waals surface area contributed by atoms with Gasteiger partial charge in [-0.05, 0) is 0 Å². The molecule has 1 heterocycles. The second kappa shape index (κ2) is 3.07. The number of aliphatic hydroxyl groups excluding tert-OH is 1. The standard InChI is InChI=1S/C6H6N2O3/c9-3-4-1-7-5(6(10)11)8-2-4/h1-2,9H,3H2,(H,10,11). The second-order valence-electron chi connectivity index (χ2n) is 1.88. The molecule has 0 bridgehead atoms. The van der Waals surface area contributed by atoms with Crippen molar-refractivity contribution < 1.29 is 15.0 Å². The molecule has 0 aliphatic rings. The molecule has 58 valence electrons. The molecule has 0 radical (unpaired) electrons. The fourth-order valence-corrected chi connectivity index (χ4v) is 0.547. The Balaban J connectivity index is 2.91. The highest BCUT2D eigenvalue weighted by molar-refractivity contribution is 5.82. The van der Waals surface area contributed by atoms with Gasteiger partial charge >= 0.3 is 5.97 Å². The number of hydrogen-bond donors (Lipinski definition) is 2. The average molecular weight is 154 g/mol. The SMILES string of the molecule is O=C(O)c1ncc(CO)cn1. The smallest absolute Gasteiger partial charge is 0.373 e. The number of nitrogens with zero attached hydrogens (tertiary/aromatic N) is 2. The average Bonchev–Trinajstić information content (AvgIpc) is 2.05. The quantitative estimate of drug-likeness (QED) is 0.609. The van der Waals surface area contributed by atoms with E-state index in [1.165, 1.54) is 12.4 Å². The van der Waals surface area contributed by atoms with Crippen LogP contribution in [0.2, 0.25) is 0 Å². The molecule has 0 amide bonds. The summed E-state index contributed by atoms with van der Waals surface area (Å²) < 4.78 is 0. The third-order valence-corrected chi connectivity index (χ3v) is 1.08. The largest absolute Gasteiger partial charge is 0.475 e. The van der Waals surface area contributed by atoms with Crippen LogP contribution >= 0.6 is 0 Å². The lowest BCUT2D eigenvalue weighted by molar-refractivity contribution is 0.0683. The molecule has 1 aromatic rings. The van der Waals surface area contributed by atoms with E-state index < -0.39 is 5.97 Å². The Bertz CT molecular complexity index is 257. The number of carbonyl (C=O) groups is 1. The van der Waals surface area contributed by atoms with Gasteiger partial charge in [-0.2, -0.15) is 0 Å². The van der Waals surface area contributed by atoms with Crippen molar-refractivity contribution in [3.8, 4) is 0 Å². The molecule has 0 fully saturated rings. The molecule has 5 heteroatoms. The van der Waals surface area contributed by atoms with Crippen LogP contribution in [0.4, 0.5) is 0 Å². The zero-order chi connectivity index (χ0) is 8.27. The number of carboxylic acids is 1. The van der Waals surface area contributed by atoms with Crippen LogP contribution in [0.1, 0.15) is 16.2 Å². The Hall–Kier alpha value is -1.49. The van der Waals surface area contributed by atoms with Crippen LogP contribution in [-0.4, -0.2) is 26.2 Å². The monoisotopic (exact) mass is 154 g/mol. The molecule has 0 aliphatic carbocycles. The minimum Gasteiger partial charge on any atom is -0.475 e. The van der Waals surface area contributed by atoms with Crippen LogP contribution in [0.5, 0.6) is 0 Å². The molecule has 0 aromatic carbocycles. The maximum Gasteiger partial charge on any atom is 0.373 e. The molecule has 0 atom stereocenters. The molecule has 5 nitrogen and oxygen atoms in total. The van der Waals surface area contributed by atoms with Gasteiger partial charge in [0.05, 0.1) is 6.61 Å². The van der Waals surface area contributed by atoms with Crippen molar-refractivity contribution in [3.63, 3.8) is 0 Å². The fourth-order valence-electron chi connectivity index (χ4n) is 0.547. The molecule has 1 rings (SSSR count). The van der Waals surface area contributed by atoms with E-state index in [1.807, 2.05) is 0 Å². The lowest BCUT2D eigenvalue weighted by Crippen LogP contribution is -2.03. The van der Waals surface area contributed by atoms with Crippen molar-refractivity contribution >= 4 is 5.97 Å². The predicted molar refractivity (Wildman–Crippen MR) is 34.9 cm³/mol. The fraction of sp³-hybridized carbons (Fsp3) is 0.167. The predicted octanol–water partition coefficient (Wildman–Crippen LogP) is -0.333. The Morgan fingerprint density at radius 2 is 2.00 bits per heavy atom. The molecule has 0 unspecified atom stereocenters. The van der Waals surface area contributed by atoms with E-state index in [4.69, 9.17) is 10.2 Å². The van der Waals surface area contributed by atoms with Gasteiger partial charge in [-0.15, -0.1) is 0 Å². The summed E-state index contributed by atoms with van der Waals surface area (Å²) >= 11 is 0. The first-order chi connectivity index (χ1) is 5.24. The summed E-state index contributed by atoms with van der Waals surface area (Å²) in [5.74, 6) is -1.43. The Morgan fingerprint density at radius 3 is 2.36 bits per heavy atom. The summed E-state index contributed by atoms with van der Waals surface area (Å²) in [7, 11) is 0. The van der Waals surface area contributed by atoms with Crippen LogP contribution in [-0.2, 0) is 6.61 Å². The summed E-state index contributed by atoms with van der Waals surface area (Å²) in [5.41, 5.74) is 0.495. The number of aliphatic hydroxyl groups is 1. The van der Waals surface area contributed by atoms with E-state index in [9.17, 15) is 4.79 Å². The lowest BCUT2D eigenvalue weighted by Gasteiger charge is -1.93. The summed E-state index contributed by atoms with van der Waals surface area (Å²) in [4.78, 5) is 17.2. The van der Waals surface area contributed by atoms with Gasteiger partial charge in [0.15, 0.2) is 0 Å². The van der Waals surface area contributed by atoms with Crippen LogP contribution < -0.4 is 0 Å². The van der Waals surface area contributed by atoms with Gasteiger partial charge in [-0.25, -0.2) is 14.8 Å². The number of aromatic carboxylic acids is 1. The topological polar surface area (TPSA) is 83.3 Å². The van der Waals surface area contributed by atoms with Crippen molar-refractivity contribution in [2.75, 3.05) is 0 Å². The van der Waals surface area contributed by atoms with Crippen molar-refractivity contribution in [2.45, 2.75) is 6.61 Å². The highest BCUT2D eigenvalue weighted by atomic mass is 16.4. The molecule has 2 N–H and O–H groups in total. The van der Waals surface area contributed by atoms with Gasteiger partial charge < -0.3 is 10.2 Å². The van der Waals surface area contributed by atoms with Crippen LogP contribution in [0, 0.1) is 0 Å². The highest BCUT2D eigenvalue weighted by Crippen LogP contribution is 1.94. The lowest BCUT2D eigenvalue weighted by atomic mass is 10.4. The normalized spacial score (nSPS) is 9.55. The van der Waals surface area contributed by atoms with Crippen molar-refractivity contribution in [3.05, 3.63) is 23.8 Å². The third-order valence-electron chi connectivity index (χ3n) is 1.08. The molecule has 0 saturated heterocycles. The zero-order valence-corrected chi connectivity index (χ0v) is 5.56. The summed E-state index contributed by atoms with van der Waals surface area (Å²) in [5, 5.41) is 16.9. The molecule has 1 aromatic heterocycles. The van der Waals surface area contributed by atoms with E-state index in [1.54, 1.807) is 0 Å². The van der Waals surface area contributed by atoms with Gasteiger partial charge in [0, 0.05) is 18.0 Å². The van der Waals surface area contributed by atoms with Gasteiger partial charge in [0.2, 0.25) is 5.82 Å². The highest BCUT2D eigenvalue weighted by Gasteiger charge is 2.04. The maximum absolute atomic E-state index is 10.2. The molecule has 0 spiro atoms. The molecule has 11 heavy (non-hydrogen) atoms. The van der Waals surface area contributed by atoms with E-state index in [0.717, 1.165) is 0 Å². The van der Waals surface area contributed by atoms with E-state index >= 15 is 0 Å². The Morgan fingerprint density at radius 1 is 1.45 bits per heavy atom.